The molecule has 0 spiro atoms. The van der Waals surface area contributed by atoms with E-state index < -0.39 is 0 Å². The van der Waals surface area contributed by atoms with E-state index >= 15 is 0 Å². The van der Waals surface area contributed by atoms with Gasteiger partial charge in [0.2, 0.25) is 5.91 Å². The van der Waals surface area contributed by atoms with Gasteiger partial charge in [0.15, 0.2) is 11.0 Å². The molecule has 0 aliphatic heterocycles. The second kappa shape index (κ2) is 11.2. The minimum absolute atomic E-state index is 0.126. The number of hydrogen-bond acceptors (Lipinski definition) is 5. The number of rotatable bonds is 10. The first-order valence-electron chi connectivity index (χ1n) is 10.5. The van der Waals surface area contributed by atoms with Gasteiger partial charge in [0.05, 0.1) is 5.75 Å². The monoisotopic (exact) mass is 469 g/mol. The SMILES string of the molecule is C=CCn1c(SCC(=O)Nc2cc(Cl)ccc2C)nnc1-c1ccc(N(CC)CC)cc1. The third-order valence-electron chi connectivity index (χ3n) is 5.09. The molecule has 0 fully saturated rings. The van der Waals surface area contributed by atoms with Crippen LogP contribution in [0, 0.1) is 6.92 Å². The normalized spacial score (nSPS) is 10.8. The summed E-state index contributed by atoms with van der Waals surface area (Å²) in [5, 5.41) is 12.9. The topological polar surface area (TPSA) is 63.1 Å². The van der Waals surface area contributed by atoms with E-state index in [4.69, 9.17) is 11.6 Å². The quantitative estimate of drug-likeness (QED) is 0.306. The summed E-state index contributed by atoms with van der Waals surface area (Å²) in [4.78, 5) is 14.8. The molecule has 0 radical (unpaired) electrons. The lowest BCUT2D eigenvalue weighted by Gasteiger charge is -2.21. The van der Waals surface area contributed by atoms with Gasteiger partial charge in [-0.1, -0.05) is 35.5 Å². The molecule has 1 aromatic heterocycles. The van der Waals surface area contributed by atoms with Crippen LogP contribution in [0.25, 0.3) is 11.4 Å². The number of amides is 1. The highest BCUT2D eigenvalue weighted by molar-refractivity contribution is 7.99. The maximum atomic E-state index is 12.5. The van der Waals surface area contributed by atoms with Gasteiger partial charge in [-0.2, -0.15) is 0 Å². The molecule has 3 aromatic rings. The first-order chi connectivity index (χ1) is 15.5. The first-order valence-corrected chi connectivity index (χ1v) is 11.9. The number of aryl methyl sites for hydroxylation is 1. The summed E-state index contributed by atoms with van der Waals surface area (Å²) in [6, 6.07) is 13.7. The number of anilines is 2. The molecular weight excluding hydrogens is 442 g/mol. The summed E-state index contributed by atoms with van der Waals surface area (Å²) in [6.45, 7) is 12.5. The third kappa shape index (κ3) is 5.72. The zero-order chi connectivity index (χ0) is 23.1. The molecule has 1 amide bonds. The highest BCUT2D eigenvalue weighted by Crippen LogP contribution is 2.27. The van der Waals surface area contributed by atoms with Crippen molar-refractivity contribution in [2.45, 2.75) is 32.5 Å². The van der Waals surface area contributed by atoms with E-state index in [1.165, 1.54) is 17.4 Å². The van der Waals surface area contributed by atoms with E-state index in [9.17, 15) is 4.79 Å². The van der Waals surface area contributed by atoms with E-state index in [-0.39, 0.29) is 11.7 Å². The lowest BCUT2D eigenvalue weighted by Crippen LogP contribution is -2.21. The minimum Gasteiger partial charge on any atom is -0.372 e. The number of carbonyl (C=O) groups is 1. The predicted octanol–water partition coefficient (Wildman–Crippen LogP) is 5.67. The van der Waals surface area contributed by atoms with Crippen LogP contribution in [0.2, 0.25) is 5.02 Å². The fourth-order valence-corrected chi connectivity index (χ4v) is 4.28. The van der Waals surface area contributed by atoms with Crippen LogP contribution < -0.4 is 10.2 Å². The molecule has 0 saturated heterocycles. The number of hydrogen-bond donors (Lipinski definition) is 1. The fraction of sp³-hybridized carbons (Fsp3) is 0.292. The number of benzene rings is 2. The van der Waals surface area contributed by atoms with Crippen molar-refractivity contribution >= 4 is 40.6 Å². The molecule has 0 saturated carbocycles. The minimum atomic E-state index is -0.126. The zero-order valence-electron chi connectivity index (χ0n) is 18.6. The van der Waals surface area contributed by atoms with E-state index in [1.54, 1.807) is 18.2 Å². The van der Waals surface area contributed by atoms with Crippen LogP contribution in [0.3, 0.4) is 0 Å². The number of nitrogens with zero attached hydrogens (tertiary/aromatic N) is 4. The van der Waals surface area contributed by atoms with Gasteiger partial charge >= 0.3 is 0 Å². The second-order valence-corrected chi connectivity index (χ2v) is 8.60. The molecule has 3 rings (SSSR count). The zero-order valence-corrected chi connectivity index (χ0v) is 20.2. The lowest BCUT2D eigenvalue weighted by molar-refractivity contribution is -0.113. The smallest absolute Gasteiger partial charge is 0.234 e. The van der Waals surface area contributed by atoms with Gasteiger partial charge in [-0.25, -0.2) is 0 Å². The Labute approximate surface area is 198 Å². The van der Waals surface area contributed by atoms with Crippen LogP contribution in [0.15, 0.2) is 60.3 Å². The van der Waals surface area contributed by atoms with Crippen LogP contribution in [0.5, 0.6) is 0 Å². The third-order valence-corrected chi connectivity index (χ3v) is 6.29. The number of allylic oxidation sites excluding steroid dienone is 1. The summed E-state index contributed by atoms with van der Waals surface area (Å²) in [5.41, 5.74) is 3.82. The number of thioether (sulfide) groups is 1. The van der Waals surface area contributed by atoms with Crippen molar-refractivity contribution in [2.75, 3.05) is 29.1 Å². The van der Waals surface area contributed by atoms with Crippen molar-refractivity contribution in [1.29, 1.82) is 0 Å². The Balaban J connectivity index is 1.74. The Morgan fingerprint density at radius 1 is 1.19 bits per heavy atom. The van der Waals surface area contributed by atoms with Crippen molar-refractivity contribution in [3.63, 3.8) is 0 Å². The maximum Gasteiger partial charge on any atom is 0.234 e. The number of halogens is 1. The molecule has 0 unspecified atom stereocenters. The molecule has 168 valence electrons. The van der Waals surface area contributed by atoms with E-state index in [0.717, 1.165) is 30.0 Å². The summed E-state index contributed by atoms with van der Waals surface area (Å²) in [6.07, 6.45) is 1.80. The van der Waals surface area contributed by atoms with Gasteiger partial charge in [0.1, 0.15) is 0 Å². The summed E-state index contributed by atoms with van der Waals surface area (Å²) < 4.78 is 1.97. The van der Waals surface area contributed by atoms with E-state index in [0.29, 0.717) is 22.4 Å². The highest BCUT2D eigenvalue weighted by Gasteiger charge is 2.16. The number of aromatic nitrogens is 3. The molecule has 0 aliphatic rings. The van der Waals surface area contributed by atoms with Gasteiger partial charge < -0.3 is 10.2 Å². The van der Waals surface area contributed by atoms with Crippen LogP contribution in [0.1, 0.15) is 19.4 Å². The number of nitrogens with one attached hydrogen (secondary N) is 1. The van der Waals surface area contributed by atoms with Gasteiger partial charge in [0.25, 0.3) is 0 Å². The van der Waals surface area contributed by atoms with Crippen molar-refractivity contribution in [3.8, 4) is 11.4 Å². The van der Waals surface area contributed by atoms with E-state index in [2.05, 4.69) is 65.1 Å². The Hall–Kier alpha value is -2.77. The van der Waals surface area contributed by atoms with Gasteiger partial charge in [-0.3, -0.25) is 9.36 Å². The molecule has 1 heterocycles. The first kappa shape index (κ1) is 23.9. The van der Waals surface area contributed by atoms with Gasteiger partial charge in [-0.15, -0.1) is 16.8 Å². The van der Waals surface area contributed by atoms with Crippen molar-refractivity contribution < 1.29 is 4.79 Å². The van der Waals surface area contributed by atoms with Crippen LogP contribution in [-0.2, 0) is 11.3 Å². The standard InChI is InChI=1S/C24H28ClN5OS/c1-5-14-30-23(18-9-12-20(13-10-18)29(6-2)7-3)27-28-24(30)32-16-22(31)26-21-15-19(25)11-8-17(21)4/h5,8-13,15H,1,6-7,14,16H2,2-4H3,(H,26,31). The van der Waals surface area contributed by atoms with Crippen LogP contribution in [0.4, 0.5) is 11.4 Å². The van der Waals surface area contributed by atoms with Crippen LogP contribution in [-0.4, -0.2) is 39.5 Å². The molecule has 8 heteroatoms. The maximum absolute atomic E-state index is 12.5. The van der Waals surface area contributed by atoms with Crippen molar-refractivity contribution in [1.82, 2.24) is 14.8 Å². The Morgan fingerprint density at radius 3 is 2.56 bits per heavy atom. The van der Waals surface area contributed by atoms with E-state index in [1.807, 2.05) is 17.6 Å². The Kier molecular flexibility index (Phi) is 8.36. The average Bonchev–Trinajstić information content (AvgIpc) is 3.19. The molecule has 2 aromatic carbocycles. The Bertz CT molecular complexity index is 1080. The molecule has 6 nitrogen and oxygen atoms in total. The van der Waals surface area contributed by atoms with Gasteiger partial charge in [0, 0.05) is 41.6 Å². The van der Waals surface area contributed by atoms with Crippen LogP contribution >= 0.6 is 23.4 Å². The molecule has 0 atom stereocenters. The largest absolute Gasteiger partial charge is 0.372 e. The lowest BCUT2D eigenvalue weighted by atomic mass is 10.2. The average molecular weight is 470 g/mol. The number of carbonyl (C=O) groups excluding carboxylic acids is 1. The molecule has 32 heavy (non-hydrogen) atoms. The molecule has 1 N–H and O–H groups in total. The second-order valence-electron chi connectivity index (χ2n) is 7.22. The highest BCUT2D eigenvalue weighted by atomic mass is 35.5. The van der Waals surface area contributed by atoms with Crippen molar-refractivity contribution in [2.24, 2.45) is 0 Å². The summed E-state index contributed by atoms with van der Waals surface area (Å²) >= 11 is 7.39. The summed E-state index contributed by atoms with van der Waals surface area (Å²) in [5.74, 6) is 0.838. The fourth-order valence-electron chi connectivity index (χ4n) is 3.36. The summed E-state index contributed by atoms with van der Waals surface area (Å²) in [7, 11) is 0. The Morgan fingerprint density at radius 2 is 1.91 bits per heavy atom. The molecule has 0 aliphatic carbocycles. The molecule has 0 bridgehead atoms. The van der Waals surface area contributed by atoms with Gasteiger partial charge in [-0.05, 0) is 62.7 Å². The predicted molar refractivity (Wildman–Crippen MR) is 135 cm³/mol. The van der Waals surface area contributed by atoms with Crippen molar-refractivity contribution in [3.05, 3.63) is 65.7 Å². The molecular formula is C24H28ClN5OS.